The van der Waals surface area contributed by atoms with Crippen LogP contribution in [0.15, 0.2) is 30.4 Å². The predicted molar refractivity (Wildman–Crippen MR) is 146 cm³/mol. The van der Waals surface area contributed by atoms with Crippen molar-refractivity contribution in [2.45, 2.75) is 58.2 Å². The number of aromatic hydroxyl groups is 1. The number of aromatic nitrogens is 2. The number of phenols is 1. The van der Waals surface area contributed by atoms with Gasteiger partial charge in [0.05, 0.1) is 31.2 Å². The summed E-state index contributed by atoms with van der Waals surface area (Å²) in [4.78, 5) is 14.3. The molecule has 3 heterocycles. The Bertz CT molecular complexity index is 1370. The van der Waals surface area contributed by atoms with E-state index in [9.17, 15) is 40.5 Å². The molecule has 1 aromatic heterocycles. The number of hydrogen-bond donors (Lipinski definition) is 7. The fourth-order valence-corrected chi connectivity index (χ4v) is 5.20. The number of phenolic OH excluding ortho intramolecular Hbond substituents is 1. The first-order valence-electron chi connectivity index (χ1n) is 13.1. The van der Waals surface area contributed by atoms with Gasteiger partial charge in [-0.2, -0.15) is 5.10 Å². The molecule has 0 atom stereocenters. The highest BCUT2D eigenvalue weighted by Crippen LogP contribution is 2.38. The maximum atomic E-state index is 14.1. The van der Waals surface area contributed by atoms with Gasteiger partial charge in [-0.1, -0.05) is 31.5 Å². The highest BCUT2D eigenvalue weighted by atomic mass is 16.9. The highest BCUT2D eigenvalue weighted by molar-refractivity contribution is 6.56. The number of fused-ring (bicyclic) bond motifs is 3. The maximum Gasteiger partial charge on any atom is 0.405 e. The number of aliphatic hydroxyl groups is 6. The van der Waals surface area contributed by atoms with E-state index in [-0.39, 0.29) is 28.6 Å². The minimum Gasteiger partial charge on any atom is -0.508 e. The molecule has 1 fully saturated rings. The van der Waals surface area contributed by atoms with E-state index >= 15 is 0 Å². The molecule has 13 nitrogen and oxygen atoms in total. The zero-order valence-corrected chi connectivity index (χ0v) is 23.3. The number of allylic oxidation sites excluding steroid dienone is 4. The molecular weight excluding hydrogens is 537 g/mol. The van der Waals surface area contributed by atoms with Crippen molar-refractivity contribution in [3.8, 4) is 17.0 Å². The number of rotatable bonds is 10. The van der Waals surface area contributed by atoms with Gasteiger partial charge in [-0.05, 0) is 61.8 Å². The standard InChI is InChI=1S/C27H35BN3O10/c1-5-7-17(6-2)30-23-18-9-16(8-15(3)4)21(32)10-20(18)28-11-19(23)22(29-30)24(33)31(26(34,35)36)25(12-40-13-25)14-41-27(37,38)39/h5-7,9-10,15,32,34-39H,8,11-14H2,1-4H3/b7-5-,17-6+. The molecule has 0 aliphatic carbocycles. The van der Waals surface area contributed by atoms with Crippen molar-refractivity contribution >= 4 is 24.3 Å². The van der Waals surface area contributed by atoms with E-state index in [4.69, 9.17) is 4.74 Å². The molecule has 7 N–H and O–H groups in total. The van der Waals surface area contributed by atoms with E-state index in [0.29, 0.717) is 34.5 Å². The molecule has 221 valence electrons. The van der Waals surface area contributed by atoms with Crippen LogP contribution >= 0.6 is 0 Å². The normalized spacial score (nSPS) is 16.8. The second-order valence-corrected chi connectivity index (χ2v) is 10.7. The Morgan fingerprint density at radius 2 is 1.90 bits per heavy atom. The number of benzene rings is 1. The molecule has 1 aromatic carbocycles. The van der Waals surface area contributed by atoms with Crippen LogP contribution in [-0.4, -0.2) is 101 Å². The largest absolute Gasteiger partial charge is 0.508 e. The van der Waals surface area contributed by atoms with Gasteiger partial charge < -0.3 is 45.2 Å². The molecule has 14 heteroatoms. The first-order chi connectivity index (χ1) is 19.1. The van der Waals surface area contributed by atoms with Gasteiger partial charge in [-0.15, -0.1) is 0 Å². The summed E-state index contributed by atoms with van der Waals surface area (Å²) in [6.07, 6.45) is -1.22. The van der Waals surface area contributed by atoms with E-state index in [1.807, 2.05) is 34.1 Å². The Morgan fingerprint density at radius 3 is 2.41 bits per heavy atom. The maximum absolute atomic E-state index is 14.1. The van der Waals surface area contributed by atoms with Crippen molar-refractivity contribution in [3.63, 3.8) is 0 Å². The summed E-state index contributed by atoms with van der Waals surface area (Å²) >= 11 is 0. The molecule has 0 saturated carbocycles. The molecule has 2 aliphatic rings. The van der Waals surface area contributed by atoms with E-state index < -0.39 is 43.5 Å². The smallest absolute Gasteiger partial charge is 0.405 e. The van der Waals surface area contributed by atoms with Crippen molar-refractivity contribution in [1.29, 1.82) is 0 Å². The summed E-state index contributed by atoms with van der Waals surface area (Å²) in [6, 6.07) is 3.51. The third-order valence-corrected chi connectivity index (χ3v) is 6.98. The predicted octanol–water partition coefficient (Wildman–Crippen LogP) is -0.862. The van der Waals surface area contributed by atoms with Crippen LogP contribution in [0.1, 0.15) is 49.3 Å². The van der Waals surface area contributed by atoms with Crippen molar-refractivity contribution in [1.82, 2.24) is 14.7 Å². The van der Waals surface area contributed by atoms with Crippen molar-refractivity contribution < 1.29 is 50.0 Å². The molecule has 0 bridgehead atoms. The topological polar surface area (TPSA) is 198 Å². The van der Waals surface area contributed by atoms with Gasteiger partial charge in [0.25, 0.3) is 5.91 Å². The SMILES string of the molecule is C/C=C\C(=C/C)n1nc(C(=O)N(C(O)(O)O)C2(COC(O)(O)O)COC2)c2c1-c1cc(CC(C)C)c(O)cc1[B]C2. The van der Waals surface area contributed by atoms with E-state index in [1.54, 1.807) is 31.2 Å². The zero-order valence-electron chi connectivity index (χ0n) is 23.3. The first kappa shape index (κ1) is 30.9. The monoisotopic (exact) mass is 572 g/mol. The van der Waals surface area contributed by atoms with Gasteiger partial charge in [0.2, 0.25) is 0 Å². The third-order valence-electron chi connectivity index (χ3n) is 6.98. The van der Waals surface area contributed by atoms with Crippen LogP contribution in [0.3, 0.4) is 0 Å². The average Bonchev–Trinajstić information content (AvgIpc) is 3.22. The van der Waals surface area contributed by atoms with Crippen LogP contribution in [0.5, 0.6) is 5.75 Å². The summed E-state index contributed by atoms with van der Waals surface area (Å²) in [6.45, 7) is 6.02. The van der Waals surface area contributed by atoms with Crippen LogP contribution in [0, 0.1) is 5.92 Å². The van der Waals surface area contributed by atoms with Crippen molar-refractivity contribution in [2.75, 3.05) is 19.8 Å². The number of amides is 1. The summed E-state index contributed by atoms with van der Waals surface area (Å²) in [5.74, 6) is -0.718. The molecule has 1 radical (unpaired) electrons. The number of hydrogen-bond acceptors (Lipinski definition) is 11. The fourth-order valence-electron chi connectivity index (χ4n) is 5.20. The molecule has 41 heavy (non-hydrogen) atoms. The fraction of sp³-hybridized carbons (Fsp3) is 0.481. The lowest BCUT2D eigenvalue weighted by atomic mass is 9.59. The van der Waals surface area contributed by atoms with Crippen molar-refractivity contribution in [2.24, 2.45) is 5.92 Å². The highest BCUT2D eigenvalue weighted by Gasteiger charge is 2.56. The summed E-state index contributed by atoms with van der Waals surface area (Å²) in [5.41, 5.74) is 1.64. The average molecular weight is 572 g/mol. The Hall–Kier alpha value is -3.08. The molecule has 4 rings (SSSR count). The van der Waals surface area contributed by atoms with Crippen LogP contribution < -0.4 is 5.46 Å². The molecule has 0 spiro atoms. The third kappa shape index (κ3) is 6.10. The lowest BCUT2D eigenvalue weighted by Crippen LogP contribution is -2.73. The summed E-state index contributed by atoms with van der Waals surface area (Å²) in [5, 5.41) is 73.9. The number of nitrogens with zero attached hydrogens (tertiary/aromatic N) is 3. The summed E-state index contributed by atoms with van der Waals surface area (Å²) < 4.78 is 11.3. The van der Waals surface area contributed by atoms with E-state index in [2.05, 4.69) is 9.84 Å². The molecule has 0 unspecified atom stereocenters. The minimum absolute atomic E-state index is 0.149. The first-order valence-corrected chi connectivity index (χ1v) is 13.1. The second-order valence-electron chi connectivity index (χ2n) is 10.7. The van der Waals surface area contributed by atoms with Crippen LogP contribution in [0.25, 0.3) is 17.0 Å². The number of ether oxygens (including phenoxy) is 2. The van der Waals surface area contributed by atoms with E-state index in [1.165, 1.54) is 4.68 Å². The molecule has 2 aromatic rings. The quantitative estimate of drug-likeness (QED) is 0.106. The lowest BCUT2D eigenvalue weighted by molar-refractivity contribution is -0.470. The zero-order chi connectivity index (χ0) is 30.3. The van der Waals surface area contributed by atoms with E-state index in [0.717, 1.165) is 5.46 Å². The van der Waals surface area contributed by atoms with Gasteiger partial charge in [-0.25, -0.2) is 9.58 Å². The molecular formula is C27H35BN3O10. The minimum atomic E-state index is -3.75. The Labute approximate surface area is 237 Å². The lowest BCUT2D eigenvalue weighted by Gasteiger charge is -2.51. The van der Waals surface area contributed by atoms with Crippen LogP contribution in [0.2, 0.25) is 0 Å². The Kier molecular flexibility index (Phi) is 8.51. The Morgan fingerprint density at radius 1 is 1.22 bits per heavy atom. The number of carbonyl (C=O) groups excluding carboxylic acids is 1. The molecule has 1 amide bonds. The Balaban J connectivity index is 1.91. The van der Waals surface area contributed by atoms with Gasteiger partial charge >= 0.3 is 12.3 Å². The number of carbonyl (C=O) groups is 1. The van der Waals surface area contributed by atoms with Gasteiger partial charge in [-0.3, -0.25) is 4.79 Å². The molecule has 1 saturated heterocycles. The van der Waals surface area contributed by atoms with Crippen molar-refractivity contribution in [3.05, 3.63) is 47.2 Å². The molecule has 2 aliphatic heterocycles. The van der Waals surface area contributed by atoms with Crippen LogP contribution in [0.4, 0.5) is 0 Å². The second kappa shape index (κ2) is 11.3. The van der Waals surface area contributed by atoms with Crippen LogP contribution in [-0.2, 0) is 22.2 Å². The van der Waals surface area contributed by atoms with Gasteiger partial charge in [0, 0.05) is 5.56 Å². The van der Waals surface area contributed by atoms with Gasteiger partial charge in [0.15, 0.2) is 13.0 Å². The van der Waals surface area contributed by atoms with Gasteiger partial charge in [0.1, 0.15) is 11.3 Å². The summed E-state index contributed by atoms with van der Waals surface area (Å²) in [7, 11) is 1.81.